The first kappa shape index (κ1) is 17.0. The van der Waals surface area contributed by atoms with Crippen molar-refractivity contribution in [3.63, 3.8) is 0 Å². The first-order valence-corrected chi connectivity index (χ1v) is 7.59. The van der Waals surface area contributed by atoms with Gasteiger partial charge in [-0.25, -0.2) is 8.78 Å². The van der Waals surface area contributed by atoms with Gasteiger partial charge in [-0.15, -0.1) is 0 Å². The highest BCUT2D eigenvalue weighted by molar-refractivity contribution is 5.96. The third-order valence-corrected chi connectivity index (χ3v) is 3.67. The molecule has 1 heterocycles. The number of carbonyl (C=O) groups excluding carboxylic acids is 1. The Morgan fingerprint density at radius 3 is 2.59 bits per heavy atom. The Balaban J connectivity index is 1.71. The average molecular weight is 312 g/mol. The van der Waals surface area contributed by atoms with Crippen LogP contribution in [0.2, 0.25) is 0 Å². The molecule has 2 rings (SSSR count). The van der Waals surface area contributed by atoms with E-state index in [2.05, 4.69) is 13.8 Å². The molecule has 0 saturated carbocycles. The summed E-state index contributed by atoms with van der Waals surface area (Å²) in [6.45, 7) is 5.47. The molecule has 0 spiro atoms. The molecule has 0 amide bonds. The summed E-state index contributed by atoms with van der Waals surface area (Å²) < 4.78 is 37.8. The average Bonchev–Trinajstić information content (AvgIpc) is 2.47. The topological polar surface area (TPSA) is 35.5 Å². The van der Waals surface area contributed by atoms with Gasteiger partial charge < -0.3 is 9.47 Å². The summed E-state index contributed by atoms with van der Waals surface area (Å²) in [4.78, 5) is 11.9. The van der Waals surface area contributed by atoms with Gasteiger partial charge in [-0.1, -0.05) is 19.9 Å². The van der Waals surface area contributed by atoms with Gasteiger partial charge in [0.05, 0.1) is 18.8 Å². The summed E-state index contributed by atoms with van der Waals surface area (Å²) in [7, 11) is 0. The summed E-state index contributed by atoms with van der Waals surface area (Å²) in [5.74, 6) is -2.42. The standard InChI is InChI=1S/C17H22F2O3/c1-17(2)10-21-15(22-11-17)9-4-3-8-14(20)12-6-5-7-13(18)16(12)19/h5-7,15H,3-4,8-11H2,1-2H3. The first-order chi connectivity index (χ1) is 10.4. The Hall–Kier alpha value is -1.33. The molecule has 122 valence electrons. The van der Waals surface area contributed by atoms with Crippen molar-refractivity contribution < 1.29 is 23.0 Å². The van der Waals surface area contributed by atoms with Crippen LogP contribution in [-0.2, 0) is 9.47 Å². The van der Waals surface area contributed by atoms with Crippen LogP contribution in [0.5, 0.6) is 0 Å². The van der Waals surface area contributed by atoms with Crippen molar-refractivity contribution in [1.82, 2.24) is 0 Å². The highest BCUT2D eigenvalue weighted by atomic mass is 19.2. The van der Waals surface area contributed by atoms with Gasteiger partial charge >= 0.3 is 0 Å². The SMILES string of the molecule is CC1(C)COC(CCCCC(=O)c2cccc(F)c2F)OC1. The van der Waals surface area contributed by atoms with Gasteiger partial charge in [-0.05, 0) is 31.4 Å². The molecule has 1 saturated heterocycles. The minimum Gasteiger partial charge on any atom is -0.352 e. The third-order valence-electron chi connectivity index (χ3n) is 3.67. The molecule has 1 aliphatic heterocycles. The zero-order valence-corrected chi connectivity index (χ0v) is 13.0. The number of ether oxygens (including phenoxy) is 2. The van der Waals surface area contributed by atoms with Crippen LogP contribution in [0.25, 0.3) is 0 Å². The summed E-state index contributed by atoms with van der Waals surface area (Å²) in [6.07, 6.45) is 2.01. The van der Waals surface area contributed by atoms with Crippen molar-refractivity contribution in [2.75, 3.05) is 13.2 Å². The van der Waals surface area contributed by atoms with Gasteiger partial charge in [0.25, 0.3) is 0 Å². The molecule has 1 aromatic carbocycles. The highest BCUT2D eigenvalue weighted by Gasteiger charge is 2.27. The second kappa shape index (κ2) is 7.29. The number of benzene rings is 1. The number of rotatable bonds is 6. The van der Waals surface area contributed by atoms with E-state index >= 15 is 0 Å². The molecule has 1 fully saturated rings. The van der Waals surface area contributed by atoms with E-state index in [1.54, 1.807) is 0 Å². The molecule has 22 heavy (non-hydrogen) atoms. The van der Waals surface area contributed by atoms with Gasteiger partial charge in [0.2, 0.25) is 0 Å². The van der Waals surface area contributed by atoms with Gasteiger partial charge in [-0.3, -0.25) is 4.79 Å². The van der Waals surface area contributed by atoms with Gasteiger partial charge in [0.15, 0.2) is 23.7 Å². The minimum absolute atomic E-state index is 0.0430. The number of hydrogen-bond acceptors (Lipinski definition) is 3. The minimum atomic E-state index is -1.06. The second-order valence-electron chi connectivity index (χ2n) is 6.49. The predicted molar refractivity (Wildman–Crippen MR) is 78.6 cm³/mol. The maximum Gasteiger partial charge on any atom is 0.169 e. The predicted octanol–water partition coefficient (Wildman–Crippen LogP) is 4.11. The van der Waals surface area contributed by atoms with E-state index in [9.17, 15) is 13.6 Å². The van der Waals surface area contributed by atoms with E-state index in [1.165, 1.54) is 12.1 Å². The molecule has 0 aromatic heterocycles. The van der Waals surface area contributed by atoms with Crippen molar-refractivity contribution in [3.8, 4) is 0 Å². The van der Waals surface area contributed by atoms with E-state index in [0.717, 1.165) is 12.5 Å². The van der Waals surface area contributed by atoms with Gasteiger partial charge in [-0.2, -0.15) is 0 Å². The number of unbranched alkanes of at least 4 members (excludes halogenated alkanes) is 1. The number of Topliss-reactive ketones (excluding diaryl/α,β-unsaturated/α-hetero) is 1. The summed E-state index contributed by atoms with van der Waals surface area (Å²) >= 11 is 0. The van der Waals surface area contributed by atoms with Crippen molar-refractivity contribution in [3.05, 3.63) is 35.4 Å². The maximum atomic E-state index is 13.5. The molecule has 5 heteroatoms. The molecule has 0 bridgehead atoms. The lowest BCUT2D eigenvalue weighted by molar-refractivity contribution is -0.224. The Morgan fingerprint density at radius 2 is 1.91 bits per heavy atom. The molecule has 0 N–H and O–H groups in total. The van der Waals surface area contributed by atoms with Crippen LogP contribution in [0, 0.1) is 17.0 Å². The molecule has 1 aromatic rings. The van der Waals surface area contributed by atoms with Crippen LogP contribution in [0.1, 0.15) is 49.9 Å². The third kappa shape index (κ3) is 4.58. The molecular formula is C17H22F2O3. The fraction of sp³-hybridized carbons (Fsp3) is 0.588. The molecular weight excluding hydrogens is 290 g/mol. The molecule has 1 aliphatic rings. The lowest BCUT2D eigenvalue weighted by Crippen LogP contribution is -2.37. The van der Waals surface area contributed by atoms with Crippen LogP contribution in [0.4, 0.5) is 8.78 Å². The highest BCUT2D eigenvalue weighted by Crippen LogP contribution is 2.25. The van der Waals surface area contributed by atoms with Crippen LogP contribution in [-0.4, -0.2) is 25.3 Å². The first-order valence-electron chi connectivity index (χ1n) is 7.59. The zero-order valence-electron chi connectivity index (χ0n) is 13.0. The quantitative estimate of drug-likeness (QED) is 0.586. The van der Waals surface area contributed by atoms with E-state index in [4.69, 9.17) is 9.47 Å². The molecule has 0 atom stereocenters. The van der Waals surface area contributed by atoms with Crippen molar-refractivity contribution >= 4 is 5.78 Å². The lowest BCUT2D eigenvalue weighted by Gasteiger charge is -2.34. The summed E-state index contributed by atoms with van der Waals surface area (Å²) in [5.41, 5.74) is -0.131. The number of carbonyl (C=O) groups is 1. The summed E-state index contributed by atoms with van der Waals surface area (Å²) in [5, 5.41) is 0. The number of halogens is 2. The van der Waals surface area contributed by atoms with Crippen molar-refractivity contribution in [1.29, 1.82) is 0 Å². The van der Waals surface area contributed by atoms with Crippen molar-refractivity contribution in [2.45, 2.75) is 45.8 Å². The second-order valence-corrected chi connectivity index (χ2v) is 6.49. The Labute approximate surface area is 129 Å². The van der Waals surface area contributed by atoms with Crippen molar-refractivity contribution in [2.24, 2.45) is 5.41 Å². The maximum absolute atomic E-state index is 13.5. The fourth-order valence-corrected chi connectivity index (χ4v) is 2.34. The van der Waals surface area contributed by atoms with E-state index in [0.29, 0.717) is 26.1 Å². The Morgan fingerprint density at radius 1 is 1.23 bits per heavy atom. The van der Waals surface area contributed by atoms with E-state index in [-0.39, 0.29) is 29.5 Å². The molecule has 3 nitrogen and oxygen atoms in total. The van der Waals surface area contributed by atoms with Crippen LogP contribution in [0.15, 0.2) is 18.2 Å². The zero-order chi connectivity index (χ0) is 16.2. The monoisotopic (exact) mass is 312 g/mol. The molecule has 0 radical (unpaired) electrons. The van der Waals surface area contributed by atoms with Gasteiger partial charge in [0.1, 0.15) is 0 Å². The molecule has 0 unspecified atom stereocenters. The Kier molecular flexibility index (Phi) is 5.64. The van der Waals surface area contributed by atoms with Crippen LogP contribution >= 0.6 is 0 Å². The van der Waals surface area contributed by atoms with Crippen LogP contribution < -0.4 is 0 Å². The van der Waals surface area contributed by atoms with Gasteiger partial charge in [0, 0.05) is 11.8 Å². The summed E-state index contributed by atoms with van der Waals surface area (Å²) in [6, 6.07) is 3.67. The lowest BCUT2D eigenvalue weighted by atomic mass is 9.95. The fourth-order valence-electron chi connectivity index (χ4n) is 2.34. The normalized spacial score (nSPS) is 18.4. The van der Waals surface area contributed by atoms with Crippen LogP contribution in [0.3, 0.4) is 0 Å². The van der Waals surface area contributed by atoms with E-state index in [1.807, 2.05) is 0 Å². The smallest absolute Gasteiger partial charge is 0.169 e. The Bertz CT molecular complexity index is 519. The number of ketones is 1. The van der Waals surface area contributed by atoms with E-state index < -0.39 is 11.6 Å². The molecule has 0 aliphatic carbocycles. The largest absolute Gasteiger partial charge is 0.352 e. The number of hydrogen-bond donors (Lipinski definition) is 0.